The maximum atomic E-state index is 10.0. The average molecular weight is 303 g/mol. The van der Waals surface area contributed by atoms with Crippen LogP contribution < -0.4 is 0 Å². The summed E-state index contributed by atoms with van der Waals surface area (Å²) in [6.45, 7) is 1.99. The summed E-state index contributed by atoms with van der Waals surface area (Å²) in [6.07, 6.45) is 0.820. The van der Waals surface area contributed by atoms with Crippen molar-refractivity contribution in [2.45, 2.75) is 25.9 Å². The van der Waals surface area contributed by atoms with Gasteiger partial charge in [0.05, 0.1) is 23.1 Å². The summed E-state index contributed by atoms with van der Waals surface area (Å²) in [5, 5.41) is 19.6. The SMILES string of the molecule is CCCC(C#N)C(O)c1ccc(Cl)c(Br)c1. The maximum Gasteiger partial charge on any atom is 0.0948 e. The molecule has 4 heteroatoms. The van der Waals surface area contributed by atoms with E-state index < -0.39 is 6.10 Å². The minimum atomic E-state index is -0.751. The summed E-state index contributed by atoms with van der Waals surface area (Å²) < 4.78 is 0.735. The van der Waals surface area contributed by atoms with Gasteiger partial charge in [0.1, 0.15) is 0 Å². The van der Waals surface area contributed by atoms with E-state index >= 15 is 0 Å². The quantitative estimate of drug-likeness (QED) is 0.911. The molecule has 2 atom stereocenters. The van der Waals surface area contributed by atoms with Crippen LogP contribution in [0.1, 0.15) is 31.4 Å². The largest absolute Gasteiger partial charge is 0.387 e. The molecular weight excluding hydrogens is 289 g/mol. The van der Waals surface area contributed by atoms with Crippen LogP contribution in [-0.2, 0) is 0 Å². The Hall–Kier alpha value is -0.560. The highest BCUT2D eigenvalue weighted by atomic mass is 79.9. The zero-order valence-corrected chi connectivity index (χ0v) is 11.3. The number of hydrogen-bond donors (Lipinski definition) is 1. The lowest BCUT2D eigenvalue weighted by atomic mass is 9.93. The van der Waals surface area contributed by atoms with Gasteiger partial charge in [0.15, 0.2) is 0 Å². The molecule has 0 radical (unpaired) electrons. The number of nitriles is 1. The monoisotopic (exact) mass is 301 g/mol. The first-order chi connectivity index (χ1) is 7.60. The summed E-state index contributed by atoms with van der Waals surface area (Å²) >= 11 is 9.16. The second-order valence-corrected chi connectivity index (χ2v) is 4.90. The van der Waals surface area contributed by atoms with Gasteiger partial charge in [-0.1, -0.05) is 31.0 Å². The Morgan fingerprint density at radius 1 is 1.56 bits per heavy atom. The molecule has 1 aromatic rings. The lowest BCUT2D eigenvalue weighted by Crippen LogP contribution is -2.10. The average Bonchev–Trinajstić information content (AvgIpc) is 2.28. The first-order valence-electron chi connectivity index (χ1n) is 5.12. The molecule has 0 heterocycles. The minimum absolute atomic E-state index is 0.363. The Kier molecular flexibility index (Phi) is 5.27. The van der Waals surface area contributed by atoms with Crippen LogP contribution in [0, 0.1) is 17.2 Å². The van der Waals surface area contributed by atoms with Gasteiger partial charge in [-0.2, -0.15) is 5.26 Å². The molecule has 2 nitrogen and oxygen atoms in total. The lowest BCUT2D eigenvalue weighted by Gasteiger charge is -2.16. The lowest BCUT2D eigenvalue weighted by molar-refractivity contribution is 0.130. The molecule has 0 amide bonds. The van der Waals surface area contributed by atoms with Crippen molar-refractivity contribution in [1.29, 1.82) is 5.26 Å². The summed E-state index contributed by atoms with van der Waals surface area (Å²) in [7, 11) is 0. The normalized spacial score (nSPS) is 14.2. The number of halogens is 2. The molecule has 0 aliphatic heterocycles. The smallest absolute Gasteiger partial charge is 0.0948 e. The van der Waals surface area contributed by atoms with Crippen molar-refractivity contribution in [2.24, 2.45) is 5.92 Å². The molecule has 1 aromatic carbocycles. The highest BCUT2D eigenvalue weighted by molar-refractivity contribution is 9.10. The van der Waals surface area contributed by atoms with Crippen LogP contribution in [-0.4, -0.2) is 5.11 Å². The van der Waals surface area contributed by atoms with Crippen molar-refractivity contribution in [3.05, 3.63) is 33.3 Å². The summed E-state index contributed by atoms with van der Waals surface area (Å²) in [5.74, 6) is -0.363. The fourth-order valence-electron chi connectivity index (χ4n) is 1.53. The number of aliphatic hydroxyl groups excluding tert-OH is 1. The fourth-order valence-corrected chi connectivity index (χ4v) is 2.05. The van der Waals surface area contributed by atoms with Gasteiger partial charge in [-0.25, -0.2) is 0 Å². The van der Waals surface area contributed by atoms with Crippen LogP contribution in [0.4, 0.5) is 0 Å². The maximum absolute atomic E-state index is 10.0. The first kappa shape index (κ1) is 13.5. The Morgan fingerprint density at radius 3 is 2.75 bits per heavy atom. The molecule has 0 aromatic heterocycles. The number of nitrogens with zero attached hydrogens (tertiary/aromatic N) is 1. The van der Waals surface area contributed by atoms with Crippen LogP contribution in [0.5, 0.6) is 0 Å². The molecule has 0 bridgehead atoms. The van der Waals surface area contributed by atoms with Crippen LogP contribution in [0.15, 0.2) is 22.7 Å². The molecule has 0 saturated heterocycles. The summed E-state index contributed by atoms with van der Waals surface area (Å²) in [6, 6.07) is 7.35. The number of rotatable bonds is 4. The van der Waals surface area contributed by atoms with Crippen LogP contribution in [0.2, 0.25) is 5.02 Å². The molecule has 2 unspecified atom stereocenters. The highest BCUT2D eigenvalue weighted by Gasteiger charge is 2.20. The molecule has 1 rings (SSSR count). The van der Waals surface area contributed by atoms with Crippen LogP contribution in [0.3, 0.4) is 0 Å². The Labute approximate surface area is 109 Å². The molecule has 86 valence electrons. The summed E-state index contributed by atoms with van der Waals surface area (Å²) in [4.78, 5) is 0. The first-order valence-corrected chi connectivity index (χ1v) is 6.29. The van der Waals surface area contributed by atoms with Crippen molar-refractivity contribution in [1.82, 2.24) is 0 Å². The minimum Gasteiger partial charge on any atom is -0.387 e. The highest BCUT2D eigenvalue weighted by Crippen LogP contribution is 2.30. The van der Waals surface area contributed by atoms with Gasteiger partial charge in [0.25, 0.3) is 0 Å². The molecule has 0 saturated carbocycles. The summed E-state index contributed by atoms with van der Waals surface area (Å²) in [5.41, 5.74) is 0.719. The molecule has 1 N–H and O–H groups in total. The predicted molar refractivity (Wildman–Crippen MR) is 68.1 cm³/mol. The molecular formula is C12H13BrClNO. The van der Waals surface area contributed by atoms with Crippen LogP contribution >= 0.6 is 27.5 Å². The van der Waals surface area contributed by atoms with Crippen molar-refractivity contribution in [3.63, 3.8) is 0 Å². The van der Waals surface area contributed by atoms with E-state index in [0.717, 1.165) is 16.5 Å². The van der Waals surface area contributed by atoms with E-state index in [2.05, 4.69) is 22.0 Å². The van der Waals surface area contributed by atoms with E-state index in [1.165, 1.54) is 0 Å². The number of benzene rings is 1. The number of hydrogen-bond acceptors (Lipinski definition) is 2. The van der Waals surface area contributed by atoms with Gasteiger partial charge in [-0.15, -0.1) is 0 Å². The topological polar surface area (TPSA) is 44.0 Å². The fraction of sp³-hybridized carbons (Fsp3) is 0.417. The number of aliphatic hydroxyl groups is 1. The van der Waals surface area contributed by atoms with Gasteiger partial charge in [-0.3, -0.25) is 0 Å². The van der Waals surface area contributed by atoms with Crippen molar-refractivity contribution >= 4 is 27.5 Å². The molecule has 16 heavy (non-hydrogen) atoms. The second kappa shape index (κ2) is 6.24. The van der Waals surface area contributed by atoms with Crippen molar-refractivity contribution in [3.8, 4) is 6.07 Å². The van der Waals surface area contributed by atoms with Gasteiger partial charge in [-0.05, 0) is 40.0 Å². The Balaban J connectivity index is 2.91. The van der Waals surface area contributed by atoms with Gasteiger partial charge in [0.2, 0.25) is 0 Å². The van der Waals surface area contributed by atoms with E-state index in [4.69, 9.17) is 16.9 Å². The third-order valence-electron chi connectivity index (χ3n) is 2.43. The molecule has 0 aliphatic rings. The van der Waals surface area contributed by atoms with Crippen LogP contribution in [0.25, 0.3) is 0 Å². The van der Waals surface area contributed by atoms with Crippen molar-refractivity contribution < 1.29 is 5.11 Å². The van der Waals surface area contributed by atoms with Crippen molar-refractivity contribution in [2.75, 3.05) is 0 Å². The molecule has 0 aliphatic carbocycles. The second-order valence-electron chi connectivity index (χ2n) is 3.64. The zero-order chi connectivity index (χ0) is 12.1. The van der Waals surface area contributed by atoms with Gasteiger partial charge in [0, 0.05) is 4.47 Å². The standard InChI is InChI=1S/C12H13BrClNO/c1-2-3-9(7-15)12(16)8-4-5-11(14)10(13)6-8/h4-6,9,12,16H,2-3H2,1H3. The molecule has 0 fully saturated rings. The molecule has 0 spiro atoms. The Morgan fingerprint density at radius 2 is 2.25 bits per heavy atom. The predicted octanol–water partition coefficient (Wildman–Crippen LogP) is 4.08. The zero-order valence-electron chi connectivity index (χ0n) is 8.95. The Bertz CT molecular complexity index is 402. The van der Waals surface area contributed by atoms with E-state index in [1.54, 1.807) is 18.2 Å². The third kappa shape index (κ3) is 3.21. The van der Waals surface area contributed by atoms with Gasteiger partial charge < -0.3 is 5.11 Å². The third-order valence-corrected chi connectivity index (χ3v) is 3.65. The van der Waals surface area contributed by atoms with E-state index in [1.807, 2.05) is 6.92 Å². The van der Waals surface area contributed by atoms with E-state index in [9.17, 15) is 5.11 Å². The van der Waals surface area contributed by atoms with Gasteiger partial charge >= 0.3 is 0 Å². The van der Waals surface area contributed by atoms with E-state index in [-0.39, 0.29) is 5.92 Å². The van der Waals surface area contributed by atoms with E-state index in [0.29, 0.717) is 11.4 Å².